The summed E-state index contributed by atoms with van der Waals surface area (Å²) in [6, 6.07) is 18.2. The summed E-state index contributed by atoms with van der Waals surface area (Å²) >= 11 is 0. The summed E-state index contributed by atoms with van der Waals surface area (Å²) in [5.41, 5.74) is 3.12. The first kappa shape index (κ1) is 17.5. The lowest BCUT2D eigenvalue weighted by molar-refractivity contribution is 0.204. The molecule has 0 spiro atoms. The van der Waals surface area contributed by atoms with E-state index in [0.717, 1.165) is 16.9 Å². The van der Waals surface area contributed by atoms with Gasteiger partial charge < -0.3 is 19.1 Å². The minimum Gasteiger partial charge on any atom is -0.507 e. The maximum Gasteiger partial charge on any atom is 0.254 e. The number of phenols is 1. The van der Waals surface area contributed by atoms with E-state index in [1.165, 1.54) is 6.26 Å². The lowest BCUT2D eigenvalue weighted by Crippen LogP contribution is -2.09. The van der Waals surface area contributed by atoms with Gasteiger partial charge in [0.25, 0.3) is 5.88 Å². The summed E-state index contributed by atoms with van der Waals surface area (Å²) < 4.78 is 15.7. The zero-order valence-corrected chi connectivity index (χ0v) is 14.9. The Morgan fingerprint density at radius 1 is 0.893 bits per heavy atom. The van der Waals surface area contributed by atoms with Gasteiger partial charge >= 0.3 is 0 Å². The van der Waals surface area contributed by atoms with Crippen LogP contribution in [0.2, 0.25) is 0 Å². The Balaban J connectivity index is 1.41. The Morgan fingerprint density at radius 2 is 1.71 bits per heavy atom. The van der Waals surface area contributed by atoms with Crippen molar-refractivity contribution in [2.24, 2.45) is 0 Å². The van der Waals surface area contributed by atoms with Crippen molar-refractivity contribution in [2.75, 3.05) is 13.2 Å². The van der Waals surface area contributed by atoms with Crippen LogP contribution in [0, 0.1) is 0 Å². The van der Waals surface area contributed by atoms with Crippen LogP contribution >= 0.6 is 0 Å². The van der Waals surface area contributed by atoms with Gasteiger partial charge in [-0.15, -0.1) is 0 Å². The molecule has 7 heteroatoms. The van der Waals surface area contributed by atoms with Crippen molar-refractivity contribution >= 4 is 0 Å². The lowest BCUT2D eigenvalue weighted by atomic mass is 10.0. The highest BCUT2D eigenvalue weighted by atomic mass is 16.6. The molecular formula is C21H17N3O4. The standard InChI is InChI=1S/C21H17N3O4/c25-20-4-2-1-3-18(20)19-13-16(14-22-23-19)15-5-7-17(8-6-15)26-11-12-27-21-9-10-28-24-21/h1-10,13-14,25H,11-12H2. The van der Waals surface area contributed by atoms with Gasteiger partial charge in [0.2, 0.25) is 0 Å². The molecule has 0 radical (unpaired) electrons. The molecular weight excluding hydrogens is 358 g/mol. The van der Waals surface area contributed by atoms with E-state index < -0.39 is 0 Å². The number of hydrogen-bond acceptors (Lipinski definition) is 7. The molecule has 0 aliphatic rings. The summed E-state index contributed by atoms with van der Waals surface area (Å²) in [5.74, 6) is 1.34. The highest BCUT2D eigenvalue weighted by molar-refractivity contribution is 5.72. The minimum atomic E-state index is 0.172. The summed E-state index contributed by atoms with van der Waals surface area (Å²) in [7, 11) is 0. The van der Waals surface area contributed by atoms with Gasteiger partial charge in [-0.2, -0.15) is 10.2 Å². The van der Waals surface area contributed by atoms with Crippen LogP contribution in [0.1, 0.15) is 0 Å². The summed E-state index contributed by atoms with van der Waals surface area (Å²) in [5, 5.41) is 21.9. The smallest absolute Gasteiger partial charge is 0.254 e. The van der Waals surface area contributed by atoms with Crippen LogP contribution in [0.25, 0.3) is 22.4 Å². The lowest BCUT2D eigenvalue weighted by Gasteiger charge is -2.08. The van der Waals surface area contributed by atoms with Crippen LogP contribution in [0.15, 0.2) is 77.6 Å². The third-order valence-corrected chi connectivity index (χ3v) is 4.04. The van der Waals surface area contributed by atoms with E-state index in [9.17, 15) is 5.11 Å². The second-order valence-electron chi connectivity index (χ2n) is 5.91. The topological polar surface area (TPSA) is 90.5 Å². The zero-order chi connectivity index (χ0) is 19.2. The Hall–Kier alpha value is -3.87. The first-order chi connectivity index (χ1) is 13.8. The molecule has 0 saturated carbocycles. The van der Waals surface area contributed by atoms with Crippen LogP contribution in [0.3, 0.4) is 0 Å². The molecule has 0 amide bonds. The van der Waals surface area contributed by atoms with E-state index in [2.05, 4.69) is 19.9 Å². The molecule has 0 bridgehead atoms. The summed E-state index contributed by atoms with van der Waals surface area (Å²) in [6.45, 7) is 0.757. The van der Waals surface area contributed by atoms with E-state index >= 15 is 0 Å². The van der Waals surface area contributed by atoms with Crippen molar-refractivity contribution in [1.82, 2.24) is 15.4 Å². The third kappa shape index (κ3) is 4.09. The maximum absolute atomic E-state index is 10.0. The number of phenolic OH excluding ortho intramolecular Hbond substituents is 1. The molecule has 1 N–H and O–H groups in total. The summed E-state index contributed by atoms with van der Waals surface area (Å²) in [6.07, 6.45) is 3.14. The van der Waals surface area contributed by atoms with Gasteiger partial charge in [-0.1, -0.05) is 24.3 Å². The predicted molar refractivity (Wildman–Crippen MR) is 102 cm³/mol. The van der Waals surface area contributed by atoms with E-state index in [1.807, 2.05) is 36.4 Å². The molecule has 0 fully saturated rings. The monoisotopic (exact) mass is 375 g/mol. The molecule has 0 saturated heterocycles. The zero-order valence-electron chi connectivity index (χ0n) is 14.9. The van der Waals surface area contributed by atoms with Crippen LogP contribution in [-0.4, -0.2) is 33.7 Å². The van der Waals surface area contributed by atoms with Gasteiger partial charge in [-0.25, -0.2) is 0 Å². The number of aromatic hydroxyl groups is 1. The quantitative estimate of drug-likeness (QED) is 0.489. The average Bonchev–Trinajstić information content (AvgIpc) is 3.26. The van der Waals surface area contributed by atoms with Gasteiger partial charge in [0.1, 0.15) is 31.0 Å². The molecule has 4 aromatic rings. The third-order valence-electron chi connectivity index (χ3n) is 4.04. The van der Waals surface area contributed by atoms with Crippen molar-refractivity contribution in [1.29, 1.82) is 0 Å². The molecule has 2 aromatic heterocycles. The van der Waals surface area contributed by atoms with Crippen molar-refractivity contribution in [3.63, 3.8) is 0 Å². The number of aromatic nitrogens is 3. The number of ether oxygens (including phenoxy) is 2. The predicted octanol–water partition coefficient (Wildman–Crippen LogP) is 3.96. The molecule has 140 valence electrons. The van der Waals surface area contributed by atoms with Crippen molar-refractivity contribution in [3.8, 4) is 39.8 Å². The fourth-order valence-corrected chi connectivity index (χ4v) is 2.67. The van der Waals surface area contributed by atoms with Crippen LogP contribution in [-0.2, 0) is 0 Å². The number of rotatable bonds is 7. The van der Waals surface area contributed by atoms with E-state index in [-0.39, 0.29) is 5.75 Å². The number of hydrogen-bond donors (Lipinski definition) is 1. The number of para-hydroxylation sites is 1. The first-order valence-electron chi connectivity index (χ1n) is 8.67. The first-order valence-corrected chi connectivity index (χ1v) is 8.67. The Labute approximate surface area is 161 Å². The van der Waals surface area contributed by atoms with Crippen LogP contribution in [0.4, 0.5) is 0 Å². The largest absolute Gasteiger partial charge is 0.507 e. The fraction of sp³-hybridized carbons (Fsp3) is 0.0952. The van der Waals surface area contributed by atoms with Crippen LogP contribution < -0.4 is 9.47 Å². The minimum absolute atomic E-state index is 0.172. The normalized spacial score (nSPS) is 10.6. The molecule has 28 heavy (non-hydrogen) atoms. The van der Waals surface area contributed by atoms with Gasteiger partial charge in [0, 0.05) is 17.2 Å². The van der Waals surface area contributed by atoms with Crippen LogP contribution in [0.5, 0.6) is 17.4 Å². The van der Waals surface area contributed by atoms with Crippen molar-refractivity contribution in [3.05, 3.63) is 73.1 Å². The van der Waals surface area contributed by atoms with Gasteiger partial charge in [0.15, 0.2) is 0 Å². The Bertz CT molecular complexity index is 1030. The Morgan fingerprint density at radius 3 is 2.50 bits per heavy atom. The molecule has 0 aliphatic heterocycles. The van der Waals surface area contributed by atoms with E-state index in [4.69, 9.17) is 9.47 Å². The van der Waals surface area contributed by atoms with Gasteiger partial charge in [0.05, 0.1) is 11.9 Å². The van der Waals surface area contributed by atoms with Crippen molar-refractivity contribution < 1.29 is 19.1 Å². The van der Waals surface area contributed by atoms with E-state index in [0.29, 0.717) is 30.4 Å². The average molecular weight is 375 g/mol. The molecule has 0 aliphatic carbocycles. The van der Waals surface area contributed by atoms with E-state index in [1.54, 1.807) is 30.5 Å². The summed E-state index contributed by atoms with van der Waals surface area (Å²) in [4.78, 5) is 0. The number of benzene rings is 2. The molecule has 4 rings (SSSR count). The molecule has 7 nitrogen and oxygen atoms in total. The van der Waals surface area contributed by atoms with Crippen molar-refractivity contribution in [2.45, 2.75) is 0 Å². The highest BCUT2D eigenvalue weighted by Crippen LogP contribution is 2.30. The molecule has 0 unspecified atom stereocenters. The second-order valence-corrected chi connectivity index (χ2v) is 5.91. The Kier molecular flexibility index (Phi) is 5.15. The SMILES string of the molecule is Oc1ccccc1-c1cc(-c2ccc(OCCOc3ccon3)cc2)cnn1. The molecule has 0 atom stereocenters. The second kappa shape index (κ2) is 8.22. The molecule has 2 aromatic carbocycles. The van der Waals surface area contributed by atoms with Gasteiger partial charge in [-0.3, -0.25) is 0 Å². The van der Waals surface area contributed by atoms with Gasteiger partial charge in [-0.05, 0) is 41.1 Å². The number of nitrogens with zero attached hydrogens (tertiary/aromatic N) is 3. The highest BCUT2D eigenvalue weighted by Gasteiger charge is 2.08. The maximum atomic E-state index is 10.0. The fourth-order valence-electron chi connectivity index (χ4n) is 2.67. The molecule has 2 heterocycles.